The van der Waals surface area contributed by atoms with Crippen molar-refractivity contribution in [1.29, 1.82) is 0 Å². The van der Waals surface area contributed by atoms with Crippen molar-refractivity contribution in [2.24, 2.45) is 0 Å². The number of ether oxygens (including phenoxy) is 3. The lowest BCUT2D eigenvalue weighted by Gasteiger charge is -2.27. The van der Waals surface area contributed by atoms with Gasteiger partial charge < -0.3 is 30.2 Å². The Morgan fingerprint density at radius 2 is 1.55 bits per heavy atom. The van der Waals surface area contributed by atoms with Gasteiger partial charge in [-0.05, 0) is 55.7 Å². The zero-order valence-electron chi connectivity index (χ0n) is 28.9. The van der Waals surface area contributed by atoms with Gasteiger partial charge in [0.25, 0.3) is 23.6 Å². The third-order valence-electron chi connectivity index (χ3n) is 8.13. The lowest BCUT2D eigenvalue weighted by atomic mass is 10.0. The molecule has 1 saturated heterocycles. The van der Waals surface area contributed by atoms with Crippen LogP contribution in [0.2, 0.25) is 0 Å². The van der Waals surface area contributed by atoms with Crippen LogP contribution in [0.5, 0.6) is 5.75 Å². The van der Waals surface area contributed by atoms with E-state index in [1.165, 1.54) is 18.2 Å². The molecule has 0 bridgehead atoms. The lowest BCUT2D eigenvalue weighted by Crippen LogP contribution is -2.54. The third-order valence-corrected chi connectivity index (χ3v) is 8.13. The number of hydrogen-bond acceptors (Lipinski definition) is 12. The van der Waals surface area contributed by atoms with Crippen molar-refractivity contribution < 1.29 is 57.8 Å². The zero-order chi connectivity index (χ0) is 38.2. The molecule has 6 N–H and O–H groups in total. The smallest absolute Gasteiger partial charge is 0.266 e. The molecule has 0 aromatic heterocycles. The highest BCUT2D eigenvalue weighted by molar-refractivity contribution is 6.24. The van der Waals surface area contributed by atoms with Crippen molar-refractivity contribution in [1.82, 2.24) is 26.3 Å². The second-order valence-corrected chi connectivity index (χ2v) is 12.0. The maximum Gasteiger partial charge on any atom is 0.266 e. The van der Waals surface area contributed by atoms with Crippen LogP contribution < -0.4 is 31.5 Å². The number of carbonyl (C=O) groups excluding carboxylic acids is 8. The van der Waals surface area contributed by atoms with Crippen molar-refractivity contribution in [3.05, 3.63) is 59.2 Å². The molecular formula is C35H42N6O12. The molecule has 1 unspecified atom stereocenters. The van der Waals surface area contributed by atoms with Crippen LogP contribution in [0.3, 0.4) is 0 Å². The number of hydroxylamine groups is 1. The van der Waals surface area contributed by atoms with E-state index in [4.69, 9.17) is 19.4 Å². The van der Waals surface area contributed by atoms with Crippen molar-refractivity contribution in [2.45, 2.75) is 51.0 Å². The number of amides is 8. The topological polar surface area (TPSA) is 248 Å². The molecule has 2 aromatic carbocycles. The monoisotopic (exact) mass is 738 g/mol. The van der Waals surface area contributed by atoms with Crippen LogP contribution in [0, 0.1) is 0 Å². The van der Waals surface area contributed by atoms with Crippen LogP contribution in [0.15, 0.2) is 42.5 Å². The Morgan fingerprint density at radius 1 is 0.792 bits per heavy atom. The molecule has 53 heavy (non-hydrogen) atoms. The van der Waals surface area contributed by atoms with Crippen molar-refractivity contribution in [3.63, 3.8) is 0 Å². The summed E-state index contributed by atoms with van der Waals surface area (Å²) in [6, 6.07) is 9.61. The molecule has 284 valence electrons. The summed E-state index contributed by atoms with van der Waals surface area (Å²) >= 11 is 0. The summed E-state index contributed by atoms with van der Waals surface area (Å²) in [5, 5.41) is 18.7. The first-order valence-corrected chi connectivity index (χ1v) is 17.1. The molecular weight excluding hydrogens is 696 g/mol. The normalized spacial score (nSPS) is 15.0. The first-order valence-electron chi connectivity index (χ1n) is 17.1. The third kappa shape index (κ3) is 11.9. The van der Waals surface area contributed by atoms with Gasteiger partial charge in [0, 0.05) is 37.2 Å². The van der Waals surface area contributed by atoms with Crippen LogP contribution in [0.1, 0.15) is 76.0 Å². The van der Waals surface area contributed by atoms with Crippen molar-refractivity contribution in [2.75, 3.05) is 51.4 Å². The van der Waals surface area contributed by atoms with Crippen LogP contribution >= 0.6 is 0 Å². The molecule has 2 heterocycles. The average molecular weight is 739 g/mol. The number of unbranched alkanes of at least 4 members (excludes halogenated alkanes) is 3. The molecule has 2 aliphatic rings. The molecule has 0 radical (unpaired) electrons. The Hall–Kier alpha value is -5.72. The van der Waals surface area contributed by atoms with E-state index in [0.717, 1.165) is 24.2 Å². The number of anilines is 1. The van der Waals surface area contributed by atoms with Crippen LogP contribution in [0.4, 0.5) is 5.69 Å². The molecule has 8 amide bonds. The highest BCUT2D eigenvalue weighted by atomic mass is 16.5. The number of fused-ring (bicyclic) bond motifs is 1. The summed E-state index contributed by atoms with van der Waals surface area (Å²) in [4.78, 5) is 98.5. The van der Waals surface area contributed by atoms with Gasteiger partial charge in [0.2, 0.25) is 23.6 Å². The van der Waals surface area contributed by atoms with Crippen LogP contribution in [-0.2, 0) is 33.4 Å². The summed E-state index contributed by atoms with van der Waals surface area (Å²) < 4.78 is 16.3. The molecule has 18 nitrogen and oxygen atoms in total. The molecule has 2 aromatic rings. The zero-order valence-corrected chi connectivity index (χ0v) is 28.9. The molecule has 1 atom stereocenters. The second kappa shape index (κ2) is 20.4. The van der Waals surface area contributed by atoms with E-state index in [-0.39, 0.29) is 75.0 Å². The standard InChI is InChI=1S/C35H42N6O12/c42-27-14-13-25(33(47)39-27)41-34(48)24-6-5-7-26(31(24)35(41)49)53-21-29(44)36-16-17-51-18-19-52-20-30(45)38-23-11-9-22(10-12-23)32(46)37-15-4-2-1-3-8-28(43)40-50/h5-7,9-12,25,50H,1-4,8,13-21H2,(H,36,44)(H,37,46)(H,38,45)(H,40,43)(H,39,42,47). The van der Waals surface area contributed by atoms with E-state index in [2.05, 4.69) is 21.3 Å². The highest BCUT2D eigenvalue weighted by Gasteiger charge is 2.46. The van der Waals surface area contributed by atoms with Gasteiger partial charge in [-0.25, -0.2) is 5.48 Å². The minimum atomic E-state index is -1.12. The number of piperidine rings is 1. The van der Waals surface area contributed by atoms with Gasteiger partial charge in [-0.2, -0.15) is 0 Å². The first-order chi connectivity index (χ1) is 25.6. The van der Waals surface area contributed by atoms with Crippen molar-refractivity contribution >= 4 is 52.9 Å². The van der Waals surface area contributed by atoms with E-state index >= 15 is 0 Å². The maximum absolute atomic E-state index is 13.1. The lowest BCUT2D eigenvalue weighted by molar-refractivity contribution is -0.136. The summed E-state index contributed by atoms with van der Waals surface area (Å²) in [5.41, 5.74) is 2.49. The molecule has 0 spiro atoms. The molecule has 0 saturated carbocycles. The summed E-state index contributed by atoms with van der Waals surface area (Å²) in [6.45, 7) is 0.342. The molecule has 18 heteroatoms. The van der Waals surface area contributed by atoms with Crippen molar-refractivity contribution in [3.8, 4) is 5.75 Å². The largest absolute Gasteiger partial charge is 0.483 e. The number of carbonyl (C=O) groups is 8. The molecule has 0 aliphatic carbocycles. The van der Waals surface area contributed by atoms with E-state index in [1.54, 1.807) is 29.7 Å². The minimum Gasteiger partial charge on any atom is -0.483 e. The number of hydrogen-bond donors (Lipinski definition) is 6. The molecule has 2 aliphatic heterocycles. The number of rotatable bonds is 21. The molecule has 4 rings (SSSR count). The van der Waals surface area contributed by atoms with Gasteiger partial charge in [-0.1, -0.05) is 18.9 Å². The summed E-state index contributed by atoms with van der Waals surface area (Å²) in [5.74, 6) is -4.20. The van der Waals surface area contributed by atoms with E-state index in [0.29, 0.717) is 24.2 Å². The fraction of sp³-hybridized carbons (Fsp3) is 0.429. The number of benzene rings is 2. The SMILES string of the molecule is O=C(CCCCCCNC(=O)c1ccc(NC(=O)COCCOCCNC(=O)COc2cccc3c2C(=O)N(C2CCC(=O)NC2=O)C3=O)cc1)NO. The van der Waals surface area contributed by atoms with Gasteiger partial charge in [0.15, 0.2) is 6.61 Å². The Kier molecular flexibility index (Phi) is 15.4. The second-order valence-electron chi connectivity index (χ2n) is 12.0. The predicted molar refractivity (Wildman–Crippen MR) is 184 cm³/mol. The number of nitrogens with zero attached hydrogens (tertiary/aromatic N) is 1. The Bertz CT molecular complexity index is 1680. The van der Waals surface area contributed by atoms with Crippen LogP contribution in [-0.4, -0.2) is 110 Å². The minimum absolute atomic E-state index is 0.00730. The fourth-order valence-corrected chi connectivity index (χ4v) is 5.47. The van der Waals surface area contributed by atoms with Gasteiger partial charge in [-0.3, -0.25) is 53.8 Å². The average Bonchev–Trinajstić information content (AvgIpc) is 3.40. The van der Waals surface area contributed by atoms with Crippen LogP contribution in [0.25, 0.3) is 0 Å². The van der Waals surface area contributed by atoms with Gasteiger partial charge in [-0.15, -0.1) is 0 Å². The fourth-order valence-electron chi connectivity index (χ4n) is 5.47. The van der Waals surface area contributed by atoms with E-state index in [9.17, 15) is 38.4 Å². The number of imide groups is 2. The highest BCUT2D eigenvalue weighted by Crippen LogP contribution is 2.33. The number of nitrogens with one attached hydrogen (secondary N) is 5. The first kappa shape index (κ1) is 40.1. The molecule has 1 fully saturated rings. The van der Waals surface area contributed by atoms with Gasteiger partial charge in [0.1, 0.15) is 18.4 Å². The Balaban J connectivity index is 1.04. The maximum atomic E-state index is 13.1. The summed E-state index contributed by atoms with van der Waals surface area (Å²) in [7, 11) is 0. The Morgan fingerprint density at radius 3 is 2.30 bits per heavy atom. The summed E-state index contributed by atoms with van der Waals surface area (Å²) in [6.07, 6.45) is 3.31. The van der Waals surface area contributed by atoms with E-state index < -0.39 is 54.0 Å². The predicted octanol–water partition coefficient (Wildman–Crippen LogP) is 0.440. The van der Waals surface area contributed by atoms with Gasteiger partial charge in [0.05, 0.1) is 30.9 Å². The Labute approximate surface area is 304 Å². The quantitative estimate of drug-likeness (QED) is 0.0442. The van der Waals surface area contributed by atoms with Gasteiger partial charge >= 0.3 is 0 Å². The van der Waals surface area contributed by atoms with E-state index in [1.807, 2.05) is 0 Å².